The van der Waals surface area contributed by atoms with Crippen molar-refractivity contribution in [3.63, 3.8) is 0 Å². The van der Waals surface area contributed by atoms with Crippen LogP contribution in [0.2, 0.25) is 0 Å². The maximum atomic E-state index is 10.8. The Kier molecular flexibility index (Phi) is 24.3. The van der Waals surface area contributed by atoms with E-state index >= 15 is 0 Å². The van der Waals surface area contributed by atoms with Gasteiger partial charge in [-0.3, -0.25) is 0 Å². The van der Waals surface area contributed by atoms with E-state index in [4.69, 9.17) is 23.7 Å². The van der Waals surface area contributed by atoms with Crippen LogP contribution in [0.3, 0.4) is 0 Å². The smallest absolute Gasteiger partial charge is 0.330 e. The summed E-state index contributed by atoms with van der Waals surface area (Å²) in [5.74, 6) is -0.436. The van der Waals surface area contributed by atoms with Gasteiger partial charge in [0.1, 0.15) is 6.61 Å². The fourth-order valence-electron chi connectivity index (χ4n) is 2.71. The first-order valence-electron chi connectivity index (χ1n) is 11.4. The first-order valence-corrected chi connectivity index (χ1v) is 11.4. The number of rotatable bonds is 24. The molecule has 6 heteroatoms. The zero-order valence-corrected chi connectivity index (χ0v) is 18.7. The molecule has 0 aromatic heterocycles. The maximum Gasteiger partial charge on any atom is 0.330 e. The first kappa shape index (κ1) is 28.1. The highest BCUT2D eigenvalue weighted by atomic mass is 16.6. The van der Waals surface area contributed by atoms with Gasteiger partial charge in [0.25, 0.3) is 0 Å². The third kappa shape index (κ3) is 25.0. The summed E-state index contributed by atoms with van der Waals surface area (Å²) in [4.78, 5) is 10.8. The highest BCUT2D eigenvalue weighted by Gasteiger charge is 1.96. The van der Waals surface area contributed by atoms with Gasteiger partial charge in [0.05, 0.1) is 46.2 Å². The number of carbonyl (C=O) groups excluding carboxylic acids is 1. The zero-order chi connectivity index (χ0) is 21.3. The molecule has 0 N–H and O–H groups in total. The number of carbonyl (C=O) groups is 1. The predicted molar refractivity (Wildman–Crippen MR) is 116 cm³/mol. The van der Waals surface area contributed by atoms with Crippen LogP contribution in [0.5, 0.6) is 0 Å². The van der Waals surface area contributed by atoms with Gasteiger partial charge >= 0.3 is 5.97 Å². The second kappa shape index (κ2) is 25.1. The molecular weight excluding hydrogens is 372 g/mol. The van der Waals surface area contributed by atoms with Crippen LogP contribution in [0.4, 0.5) is 0 Å². The van der Waals surface area contributed by atoms with Crippen molar-refractivity contribution in [1.29, 1.82) is 0 Å². The van der Waals surface area contributed by atoms with Crippen LogP contribution in [-0.4, -0.2) is 65.4 Å². The van der Waals surface area contributed by atoms with Crippen molar-refractivity contribution in [2.24, 2.45) is 0 Å². The van der Waals surface area contributed by atoms with Gasteiger partial charge in [-0.05, 0) is 6.42 Å². The van der Waals surface area contributed by atoms with Crippen molar-refractivity contribution in [3.8, 4) is 0 Å². The van der Waals surface area contributed by atoms with E-state index in [0.29, 0.717) is 46.2 Å². The number of hydrogen-bond acceptors (Lipinski definition) is 6. The quantitative estimate of drug-likeness (QED) is 0.129. The van der Waals surface area contributed by atoms with E-state index in [1.807, 2.05) is 0 Å². The summed E-state index contributed by atoms with van der Waals surface area (Å²) in [6.45, 7) is 10.3. The standard InChI is InChI=1S/C23H44O6/c1-3-5-6-7-8-9-10-11-12-13-14-25-15-16-26-17-18-27-19-20-28-21-22-29-23(24)4-2/h4H,2-3,5-22H2,1H3. The second-order valence-corrected chi connectivity index (χ2v) is 7.00. The molecular formula is C23H44O6. The van der Waals surface area contributed by atoms with Crippen molar-refractivity contribution in [2.75, 3.05) is 59.5 Å². The summed E-state index contributed by atoms with van der Waals surface area (Å²) in [6.07, 6.45) is 14.6. The summed E-state index contributed by atoms with van der Waals surface area (Å²) in [7, 11) is 0. The van der Waals surface area contributed by atoms with Gasteiger partial charge in [0.15, 0.2) is 0 Å². The molecule has 0 atom stereocenters. The molecule has 0 aliphatic carbocycles. The SMILES string of the molecule is C=CC(=O)OCCOCCOCCOCCOCCCCCCCCCCCC. The Morgan fingerprint density at radius 2 is 0.966 bits per heavy atom. The van der Waals surface area contributed by atoms with Crippen LogP contribution in [-0.2, 0) is 28.5 Å². The zero-order valence-electron chi connectivity index (χ0n) is 18.7. The molecule has 0 aliphatic heterocycles. The van der Waals surface area contributed by atoms with E-state index in [1.165, 1.54) is 57.8 Å². The Morgan fingerprint density at radius 3 is 1.41 bits per heavy atom. The third-order valence-corrected chi connectivity index (χ3v) is 4.40. The minimum Gasteiger partial charge on any atom is -0.460 e. The van der Waals surface area contributed by atoms with E-state index in [-0.39, 0.29) is 6.61 Å². The lowest BCUT2D eigenvalue weighted by atomic mass is 10.1. The average molecular weight is 417 g/mol. The summed E-state index contributed by atoms with van der Waals surface area (Å²) in [5.41, 5.74) is 0. The van der Waals surface area contributed by atoms with Crippen LogP contribution in [0.25, 0.3) is 0 Å². The predicted octanol–water partition coefficient (Wildman–Crippen LogP) is 4.70. The molecule has 0 rings (SSSR count). The van der Waals surface area contributed by atoms with Crippen LogP contribution in [0.15, 0.2) is 12.7 Å². The molecule has 0 unspecified atom stereocenters. The number of ether oxygens (including phenoxy) is 5. The largest absolute Gasteiger partial charge is 0.460 e. The fourth-order valence-corrected chi connectivity index (χ4v) is 2.71. The van der Waals surface area contributed by atoms with Gasteiger partial charge < -0.3 is 23.7 Å². The highest BCUT2D eigenvalue weighted by Crippen LogP contribution is 2.10. The Labute approximate surface area is 178 Å². The van der Waals surface area contributed by atoms with Crippen LogP contribution >= 0.6 is 0 Å². The fraction of sp³-hybridized carbons (Fsp3) is 0.870. The van der Waals surface area contributed by atoms with Gasteiger partial charge in [-0.25, -0.2) is 4.79 Å². The monoisotopic (exact) mass is 416 g/mol. The van der Waals surface area contributed by atoms with Crippen molar-refractivity contribution < 1.29 is 28.5 Å². The van der Waals surface area contributed by atoms with E-state index < -0.39 is 5.97 Å². The molecule has 0 saturated heterocycles. The molecule has 29 heavy (non-hydrogen) atoms. The number of unbranched alkanes of at least 4 members (excludes halogenated alkanes) is 9. The van der Waals surface area contributed by atoms with Crippen LogP contribution < -0.4 is 0 Å². The second-order valence-electron chi connectivity index (χ2n) is 7.00. The van der Waals surface area contributed by atoms with Crippen molar-refractivity contribution >= 4 is 5.97 Å². The molecule has 0 aliphatic rings. The molecule has 0 radical (unpaired) electrons. The van der Waals surface area contributed by atoms with Gasteiger partial charge in [-0.2, -0.15) is 0 Å². The van der Waals surface area contributed by atoms with Gasteiger partial charge in [-0.15, -0.1) is 0 Å². The summed E-state index contributed by atoms with van der Waals surface area (Å²) < 4.78 is 26.5. The van der Waals surface area contributed by atoms with E-state index in [2.05, 4.69) is 13.5 Å². The van der Waals surface area contributed by atoms with E-state index in [1.54, 1.807) is 0 Å². The topological polar surface area (TPSA) is 63.2 Å². The van der Waals surface area contributed by atoms with Crippen molar-refractivity contribution in [3.05, 3.63) is 12.7 Å². The van der Waals surface area contributed by atoms with Crippen LogP contribution in [0.1, 0.15) is 71.1 Å². The summed E-state index contributed by atoms with van der Waals surface area (Å²) in [5, 5.41) is 0. The maximum absolute atomic E-state index is 10.8. The van der Waals surface area contributed by atoms with Gasteiger partial charge in [0.2, 0.25) is 0 Å². The minimum absolute atomic E-state index is 0.229. The summed E-state index contributed by atoms with van der Waals surface area (Å²) in [6, 6.07) is 0. The molecule has 0 spiro atoms. The lowest BCUT2D eigenvalue weighted by molar-refractivity contribution is -0.139. The minimum atomic E-state index is -0.436. The highest BCUT2D eigenvalue weighted by molar-refractivity contribution is 5.81. The van der Waals surface area contributed by atoms with Gasteiger partial charge in [-0.1, -0.05) is 71.3 Å². The molecule has 0 aromatic rings. The molecule has 0 heterocycles. The average Bonchev–Trinajstić information content (AvgIpc) is 2.74. The Balaban J connectivity index is 3.01. The molecule has 0 fully saturated rings. The number of hydrogen-bond donors (Lipinski definition) is 0. The Hall–Kier alpha value is -0.950. The molecule has 0 saturated carbocycles. The van der Waals surface area contributed by atoms with Crippen LogP contribution in [0, 0.1) is 0 Å². The Bertz CT molecular complexity index is 348. The van der Waals surface area contributed by atoms with Gasteiger partial charge in [0, 0.05) is 12.7 Å². The molecule has 0 aromatic carbocycles. The van der Waals surface area contributed by atoms with E-state index in [0.717, 1.165) is 19.1 Å². The Morgan fingerprint density at radius 1 is 0.586 bits per heavy atom. The number of esters is 1. The normalized spacial score (nSPS) is 10.9. The molecule has 6 nitrogen and oxygen atoms in total. The summed E-state index contributed by atoms with van der Waals surface area (Å²) >= 11 is 0. The molecule has 172 valence electrons. The molecule has 0 bridgehead atoms. The lowest BCUT2D eigenvalue weighted by Gasteiger charge is -2.07. The molecule has 0 amide bonds. The third-order valence-electron chi connectivity index (χ3n) is 4.40. The lowest BCUT2D eigenvalue weighted by Crippen LogP contribution is -2.14. The van der Waals surface area contributed by atoms with Crippen molar-refractivity contribution in [2.45, 2.75) is 71.1 Å². The van der Waals surface area contributed by atoms with E-state index in [9.17, 15) is 4.79 Å². The van der Waals surface area contributed by atoms with Crippen molar-refractivity contribution in [1.82, 2.24) is 0 Å². The first-order chi connectivity index (χ1) is 14.3.